The number of ketones is 1. The average Bonchev–Trinajstić information content (AvgIpc) is 2.97. The van der Waals surface area contributed by atoms with Crippen LogP contribution in [-0.2, 0) is 9.59 Å². The van der Waals surface area contributed by atoms with Crippen LogP contribution in [0.25, 0.3) is 0 Å². The lowest BCUT2D eigenvalue weighted by Crippen LogP contribution is -2.24. The van der Waals surface area contributed by atoms with Crippen molar-refractivity contribution in [1.29, 1.82) is 0 Å². The van der Waals surface area contributed by atoms with E-state index in [-0.39, 0.29) is 30.0 Å². The fraction of sp³-hybridized carbons (Fsp3) is 0.500. The number of ether oxygens (including phenoxy) is 1. The van der Waals surface area contributed by atoms with E-state index in [1.807, 2.05) is 6.08 Å². The zero-order valence-electron chi connectivity index (χ0n) is 15.1. The summed E-state index contributed by atoms with van der Waals surface area (Å²) in [6.07, 6.45) is 6.09. The molecule has 0 aromatic heterocycles. The Hall–Kier alpha value is -1.50. The summed E-state index contributed by atoms with van der Waals surface area (Å²) < 4.78 is 5.54. The molecule has 27 heavy (non-hydrogen) atoms. The first-order valence-corrected chi connectivity index (χ1v) is 10.5. The number of aliphatic hydroxyl groups excluding tert-OH is 1. The van der Waals surface area contributed by atoms with Crippen molar-refractivity contribution in [2.45, 2.75) is 43.5 Å². The van der Waals surface area contributed by atoms with E-state index in [9.17, 15) is 14.7 Å². The van der Waals surface area contributed by atoms with Gasteiger partial charge in [-0.05, 0) is 37.1 Å². The number of rotatable bonds is 12. The Balaban J connectivity index is 1.68. The smallest absolute Gasteiger partial charge is 0.303 e. The molecule has 1 aliphatic rings. The van der Waals surface area contributed by atoms with Crippen molar-refractivity contribution in [3.63, 3.8) is 0 Å². The molecular formula is C20H25ClO5S. The molecule has 5 nitrogen and oxygen atoms in total. The Morgan fingerprint density at radius 2 is 2.11 bits per heavy atom. The van der Waals surface area contributed by atoms with E-state index in [1.54, 1.807) is 42.1 Å². The van der Waals surface area contributed by atoms with Gasteiger partial charge in [0.2, 0.25) is 0 Å². The molecule has 0 radical (unpaired) electrons. The number of carbonyl (C=O) groups is 2. The topological polar surface area (TPSA) is 83.8 Å². The van der Waals surface area contributed by atoms with Crippen LogP contribution >= 0.6 is 23.4 Å². The third-order valence-corrected chi connectivity index (χ3v) is 6.02. The van der Waals surface area contributed by atoms with Crippen molar-refractivity contribution in [2.24, 2.45) is 5.92 Å². The summed E-state index contributed by atoms with van der Waals surface area (Å²) in [6, 6.07) is 7.02. The van der Waals surface area contributed by atoms with Crippen LogP contribution in [0.5, 0.6) is 5.75 Å². The quantitative estimate of drug-likeness (QED) is 0.505. The van der Waals surface area contributed by atoms with Gasteiger partial charge in [0.1, 0.15) is 12.4 Å². The second kappa shape index (κ2) is 11.4. The van der Waals surface area contributed by atoms with Gasteiger partial charge in [-0.3, -0.25) is 9.59 Å². The van der Waals surface area contributed by atoms with Crippen LogP contribution in [0, 0.1) is 5.92 Å². The van der Waals surface area contributed by atoms with Gasteiger partial charge in [-0.2, -0.15) is 11.8 Å². The molecule has 0 heterocycles. The summed E-state index contributed by atoms with van der Waals surface area (Å²) in [4.78, 5) is 22.6. The van der Waals surface area contributed by atoms with E-state index in [0.29, 0.717) is 22.9 Å². The molecule has 3 atom stereocenters. The third kappa shape index (κ3) is 7.95. The SMILES string of the molecule is O=C(O)CCCCCC1C(=O)C=CC1SCC(O)COc1cccc(Cl)c1. The molecule has 2 rings (SSSR count). The number of allylic oxidation sites excluding steroid dienone is 1. The van der Waals surface area contributed by atoms with Gasteiger partial charge in [-0.25, -0.2) is 0 Å². The number of unbranched alkanes of at least 4 members (excludes halogenated alkanes) is 2. The predicted molar refractivity (Wildman–Crippen MR) is 108 cm³/mol. The molecule has 2 N–H and O–H groups in total. The largest absolute Gasteiger partial charge is 0.491 e. The molecule has 1 aromatic carbocycles. The highest BCUT2D eigenvalue weighted by Gasteiger charge is 2.30. The van der Waals surface area contributed by atoms with Gasteiger partial charge < -0.3 is 14.9 Å². The molecular weight excluding hydrogens is 388 g/mol. The normalized spacial score (nSPS) is 20.0. The number of hydrogen-bond acceptors (Lipinski definition) is 5. The second-order valence-electron chi connectivity index (χ2n) is 6.58. The van der Waals surface area contributed by atoms with Crippen molar-refractivity contribution in [1.82, 2.24) is 0 Å². The molecule has 0 saturated carbocycles. The number of thioether (sulfide) groups is 1. The third-order valence-electron chi connectivity index (χ3n) is 4.34. The lowest BCUT2D eigenvalue weighted by atomic mass is 9.97. The van der Waals surface area contributed by atoms with E-state index in [1.165, 1.54) is 0 Å². The monoisotopic (exact) mass is 412 g/mol. The summed E-state index contributed by atoms with van der Waals surface area (Å²) in [7, 11) is 0. The number of carbonyl (C=O) groups excluding carboxylic acids is 1. The first-order valence-electron chi connectivity index (χ1n) is 9.07. The number of carboxylic acid groups (broad SMARTS) is 1. The van der Waals surface area contributed by atoms with E-state index in [0.717, 1.165) is 19.3 Å². The second-order valence-corrected chi connectivity index (χ2v) is 8.23. The van der Waals surface area contributed by atoms with Crippen molar-refractivity contribution >= 4 is 35.1 Å². The summed E-state index contributed by atoms with van der Waals surface area (Å²) >= 11 is 7.45. The molecule has 0 spiro atoms. The molecule has 3 unspecified atom stereocenters. The number of benzene rings is 1. The summed E-state index contributed by atoms with van der Waals surface area (Å²) in [5, 5.41) is 19.4. The fourth-order valence-corrected chi connectivity index (χ4v) is 4.34. The molecule has 0 fully saturated rings. The Labute approximate surface area is 168 Å². The standard InChI is InChI=1S/C20H25ClO5S/c21-14-5-4-6-16(11-14)26-12-15(22)13-27-19-10-9-18(23)17(19)7-2-1-3-8-20(24)25/h4-6,9-11,15,17,19,22H,1-3,7-8,12-13H2,(H,24,25). The van der Waals surface area contributed by atoms with Gasteiger partial charge in [0, 0.05) is 28.4 Å². The average molecular weight is 413 g/mol. The van der Waals surface area contributed by atoms with Crippen LogP contribution in [0.2, 0.25) is 5.02 Å². The predicted octanol–water partition coefficient (Wildman–Crippen LogP) is 3.97. The summed E-state index contributed by atoms with van der Waals surface area (Å²) in [6.45, 7) is 0.164. The lowest BCUT2D eigenvalue weighted by molar-refractivity contribution is -0.137. The zero-order chi connectivity index (χ0) is 19.6. The van der Waals surface area contributed by atoms with Gasteiger partial charge in [0.05, 0.1) is 6.10 Å². The Morgan fingerprint density at radius 3 is 2.85 bits per heavy atom. The highest BCUT2D eigenvalue weighted by molar-refractivity contribution is 8.00. The van der Waals surface area contributed by atoms with Crippen molar-refractivity contribution in [2.75, 3.05) is 12.4 Å². The van der Waals surface area contributed by atoms with E-state index >= 15 is 0 Å². The molecule has 0 aliphatic heterocycles. The molecule has 1 aliphatic carbocycles. The Kier molecular flexibility index (Phi) is 9.18. The van der Waals surface area contributed by atoms with Crippen LogP contribution in [-0.4, -0.2) is 45.7 Å². The van der Waals surface area contributed by atoms with Crippen molar-refractivity contribution in [3.8, 4) is 5.75 Å². The van der Waals surface area contributed by atoms with Gasteiger partial charge in [-0.1, -0.05) is 36.6 Å². The van der Waals surface area contributed by atoms with Gasteiger partial charge in [0.25, 0.3) is 0 Å². The van der Waals surface area contributed by atoms with E-state index < -0.39 is 12.1 Å². The first kappa shape index (κ1) is 21.8. The number of hydrogen-bond donors (Lipinski definition) is 2. The summed E-state index contributed by atoms with van der Waals surface area (Å²) in [5.74, 6) is 0.340. The molecule has 7 heteroatoms. The molecule has 1 aromatic rings. The van der Waals surface area contributed by atoms with Crippen LogP contribution in [0.3, 0.4) is 0 Å². The maximum absolute atomic E-state index is 12.1. The number of halogens is 1. The molecule has 148 valence electrons. The van der Waals surface area contributed by atoms with Crippen LogP contribution in [0.4, 0.5) is 0 Å². The minimum atomic E-state index is -0.781. The highest BCUT2D eigenvalue weighted by atomic mass is 35.5. The fourth-order valence-electron chi connectivity index (χ4n) is 2.92. The number of aliphatic carboxylic acids is 1. The van der Waals surface area contributed by atoms with Crippen molar-refractivity contribution in [3.05, 3.63) is 41.4 Å². The Bertz CT molecular complexity index is 664. The molecule has 0 amide bonds. The number of carboxylic acids is 1. The molecule has 0 saturated heterocycles. The van der Waals surface area contributed by atoms with Gasteiger partial charge >= 0.3 is 5.97 Å². The van der Waals surface area contributed by atoms with Crippen LogP contribution < -0.4 is 4.74 Å². The zero-order valence-corrected chi connectivity index (χ0v) is 16.6. The highest BCUT2D eigenvalue weighted by Crippen LogP contribution is 2.32. The minimum absolute atomic E-state index is 0.0535. The van der Waals surface area contributed by atoms with Crippen molar-refractivity contribution < 1.29 is 24.5 Å². The van der Waals surface area contributed by atoms with Crippen LogP contribution in [0.15, 0.2) is 36.4 Å². The lowest BCUT2D eigenvalue weighted by Gasteiger charge is -2.19. The summed E-state index contributed by atoms with van der Waals surface area (Å²) in [5.41, 5.74) is 0. The first-order chi connectivity index (χ1) is 13.0. The maximum Gasteiger partial charge on any atom is 0.303 e. The van der Waals surface area contributed by atoms with Gasteiger partial charge in [-0.15, -0.1) is 0 Å². The van der Waals surface area contributed by atoms with E-state index in [4.69, 9.17) is 21.4 Å². The van der Waals surface area contributed by atoms with Gasteiger partial charge in [0.15, 0.2) is 5.78 Å². The number of aliphatic hydroxyl groups is 1. The Morgan fingerprint density at radius 1 is 1.30 bits per heavy atom. The minimum Gasteiger partial charge on any atom is -0.491 e. The van der Waals surface area contributed by atoms with Crippen LogP contribution in [0.1, 0.15) is 32.1 Å². The maximum atomic E-state index is 12.1. The molecule has 0 bridgehead atoms. The van der Waals surface area contributed by atoms with E-state index in [2.05, 4.69) is 0 Å².